The van der Waals surface area contributed by atoms with Crippen molar-refractivity contribution in [1.29, 1.82) is 0 Å². The highest BCUT2D eigenvalue weighted by Crippen LogP contribution is 2.40. The quantitative estimate of drug-likeness (QED) is 0.200. The number of rotatable bonds is 3. The molecular formula is C48H34N4. The van der Waals surface area contributed by atoms with Gasteiger partial charge in [-0.1, -0.05) is 127 Å². The van der Waals surface area contributed by atoms with Gasteiger partial charge in [-0.25, -0.2) is 4.99 Å². The van der Waals surface area contributed by atoms with E-state index in [1.54, 1.807) is 0 Å². The lowest BCUT2D eigenvalue weighted by Gasteiger charge is -2.30. The van der Waals surface area contributed by atoms with E-state index in [1.807, 2.05) is 0 Å². The molecule has 9 aromatic rings. The lowest BCUT2D eigenvalue weighted by molar-refractivity contribution is 0.859. The van der Waals surface area contributed by atoms with Crippen molar-refractivity contribution in [1.82, 2.24) is 9.13 Å². The number of benzene rings is 7. The molecule has 0 radical (unpaired) electrons. The van der Waals surface area contributed by atoms with Crippen LogP contribution in [0.4, 0.5) is 5.69 Å². The van der Waals surface area contributed by atoms with Crippen LogP contribution in [0, 0.1) is 0 Å². The van der Waals surface area contributed by atoms with E-state index in [4.69, 9.17) is 4.99 Å². The number of nitrogens with zero attached hydrogens (tertiary/aromatic N) is 3. The molecule has 1 unspecified atom stereocenters. The predicted octanol–water partition coefficient (Wildman–Crippen LogP) is 11.9. The van der Waals surface area contributed by atoms with Crippen LogP contribution in [0.25, 0.3) is 65.6 Å². The fraction of sp³-hybridized carbons (Fsp3) is 0.0625. The molecule has 0 fully saturated rings. The van der Waals surface area contributed by atoms with E-state index in [0.717, 1.165) is 46.6 Å². The van der Waals surface area contributed by atoms with Crippen molar-refractivity contribution >= 4 is 71.5 Å². The van der Waals surface area contributed by atoms with Gasteiger partial charge in [0.1, 0.15) is 12.0 Å². The second kappa shape index (κ2) is 11.4. The first-order valence-electron chi connectivity index (χ1n) is 18.1. The largest absolute Gasteiger partial charge is 0.359 e. The summed E-state index contributed by atoms with van der Waals surface area (Å²) in [6.45, 7) is 0. The van der Waals surface area contributed by atoms with Crippen LogP contribution in [0.2, 0.25) is 0 Å². The predicted molar refractivity (Wildman–Crippen MR) is 219 cm³/mol. The maximum Gasteiger partial charge on any atom is 0.146 e. The van der Waals surface area contributed by atoms with E-state index >= 15 is 0 Å². The molecule has 0 saturated carbocycles. The molecule has 7 aromatic carbocycles. The van der Waals surface area contributed by atoms with Crippen molar-refractivity contribution in [2.75, 3.05) is 5.32 Å². The molecule has 0 spiro atoms. The third-order valence-electron chi connectivity index (χ3n) is 11.0. The van der Waals surface area contributed by atoms with Crippen molar-refractivity contribution in [3.8, 4) is 5.69 Å². The minimum Gasteiger partial charge on any atom is -0.359 e. The molecule has 0 amide bonds. The van der Waals surface area contributed by atoms with Gasteiger partial charge in [0.2, 0.25) is 0 Å². The zero-order valence-corrected chi connectivity index (χ0v) is 28.5. The number of nitrogens with one attached hydrogen (secondary N) is 1. The van der Waals surface area contributed by atoms with E-state index in [9.17, 15) is 0 Å². The number of para-hydroxylation sites is 3. The normalized spacial score (nSPS) is 15.8. The molecule has 1 atom stereocenters. The summed E-state index contributed by atoms with van der Waals surface area (Å²) in [5, 5.41) is 11.3. The number of aromatic nitrogens is 2. The van der Waals surface area contributed by atoms with E-state index in [-0.39, 0.29) is 6.17 Å². The van der Waals surface area contributed by atoms with Gasteiger partial charge >= 0.3 is 0 Å². The van der Waals surface area contributed by atoms with Crippen molar-refractivity contribution in [2.45, 2.75) is 19.0 Å². The Hall–Kier alpha value is -6.65. The van der Waals surface area contributed by atoms with Gasteiger partial charge in [0.05, 0.1) is 27.8 Å². The molecule has 11 rings (SSSR count). The fourth-order valence-electron chi connectivity index (χ4n) is 8.64. The summed E-state index contributed by atoms with van der Waals surface area (Å²) in [6.07, 6.45) is 6.50. The molecule has 3 heterocycles. The molecular weight excluding hydrogens is 633 g/mol. The van der Waals surface area contributed by atoms with Gasteiger partial charge in [-0.2, -0.15) is 0 Å². The molecule has 4 heteroatoms. The smallest absolute Gasteiger partial charge is 0.146 e. The van der Waals surface area contributed by atoms with E-state index < -0.39 is 0 Å². The van der Waals surface area contributed by atoms with Crippen LogP contribution < -0.4 is 5.32 Å². The van der Waals surface area contributed by atoms with Crippen LogP contribution in [0.1, 0.15) is 24.0 Å². The fourth-order valence-corrected chi connectivity index (χ4v) is 8.64. The number of aliphatic imine (C=N–C) groups is 1. The first-order valence-corrected chi connectivity index (χ1v) is 18.1. The Labute approximate surface area is 301 Å². The van der Waals surface area contributed by atoms with Gasteiger partial charge in [0.25, 0.3) is 0 Å². The lowest BCUT2D eigenvalue weighted by Crippen LogP contribution is -2.31. The Morgan fingerprint density at radius 1 is 0.538 bits per heavy atom. The summed E-state index contributed by atoms with van der Waals surface area (Å²) in [4.78, 5) is 5.63. The number of fused-ring (bicyclic) bond motifs is 9. The van der Waals surface area contributed by atoms with Crippen LogP contribution in [0.15, 0.2) is 180 Å². The Kier molecular flexibility index (Phi) is 6.41. The molecule has 1 N–H and O–H groups in total. The molecule has 0 saturated heterocycles. The summed E-state index contributed by atoms with van der Waals surface area (Å²) in [5.41, 5.74) is 11.9. The number of anilines is 1. The van der Waals surface area contributed by atoms with E-state index in [2.05, 4.69) is 184 Å². The summed E-state index contributed by atoms with van der Waals surface area (Å²) in [7, 11) is 0. The Morgan fingerprint density at radius 2 is 1.15 bits per heavy atom. The highest BCUT2D eigenvalue weighted by molar-refractivity contribution is 6.22. The molecule has 1 aliphatic heterocycles. The topological polar surface area (TPSA) is 34.2 Å². The van der Waals surface area contributed by atoms with Gasteiger partial charge in [-0.15, -0.1) is 0 Å². The maximum absolute atomic E-state index is 5.63. The van der Waals surface area contributed by atoms with Crippen molar-refractivity contribution in [3.05, 3.63) is 187 Å². The minimum absolute atomic E-state index is 0.236. The first-order chi connectivity index (χ1) is 25.8. The standard InChI is InChI=1S/C48H34N4/c1-2-13-31(14-3-1)33-16-12-17-34(29-33)47-49-46-36-18-5-4-15-32(36)25-27-40(46)48(50-47)52-44-24-11-8-21-39(44)41-30-35(26-28-45(41)52)51-42-22-9-6-19-37(42)38-20-7-10-23-43(38)51/h1-11,13-15,17-30,47,49H,12,16H2. The summed E-state index contributed by atoms with van der Waals surface area (Å²) in [5.74, 6) is 0.960. The average Bonchev–Trinajstić information content (AvgIpc) is 3.73. The van der Waals surface area contributed by atoms with Gasteiger partial charge in [-0.3, -0.25) is 4.57 Å². The minimum atomic E-state index is -0.236. The molecule has 0 bridgehead atoms. The van der Waals surface area contributed by atoms with Crippen LogP contribution in [0.3, 0.4) is 0 Å². The maximum atomic E-state index is 5.63. The molecule has 246 valence electrons. The second-order valence-electron chi connectivity index (χ2n) is 13.9. The van der Waals surface area contributed by atoms with Crippen LogP contribution in [-0.4, -0.2) is 21.1 Å². The van der Waals surface area contributed by atoms with Crippen molar-refractivity contribution in [3.63, 3.8) is 0 Å². The van der Waals surface area contributed by atoms with E-state index in [1.165, 1.54) is 60.1 Å². The summed E-state index contributed by atoms with van der Waals surface area (Å²) in [6, 6.07) is 57.1. The lowest BCUT2D eigenvalue weighted by atomic mass is 9.92. The van der Waals surface area contributed by atoms with Crippen LogP contribution >= 0.6 is 0 Å². The highest BCUT2D eigenvalue weighted by Gasteiger charge is 2.28. The Balaban J connectivity index is 1.15. The zero-order chi connectivity index (χ0) is 34.2. The highest BCUT2D eigenvalue weighted by atomic mass is 15.2. The number of hydrogen-bond donors (Lipinski definition) is 1. The molecule has 52 heavy (non-hydrogen) atoms. The Morgan fingerprint density at radius 3 is 1.90 bits per heavy atom. The van der Waals surface area contributed by atoms with Crippen molar-refractivity contribution < 1.29 is 0 Å². The summed E-state index contributed by atoms with van der Waals surface area (Å²) >= 11 is 0. The first kappa shape index (κ1) is 29.1. The monoisotopic (exact) mass is 666 g/mol. The van der Waals surface area contributed by atoms with E-state index in [0.29, 0.717) is 0 Å². The summed E-state index contributed by atoms with van der Waals surface area (Å²) < 4.78 is 4.80. The number of allylic oxidation sites excluding steroid dienone is 2. The molecule has 2 aromatic heterocycles. The molecule has 4 nitrogen and oxygen atoms in total. The third-order valence-corrected chi connectivity index (χ3v) is 11.0. The van der Waals surface area contributed by atoms with Gasteiger partial charge in [0, 0.05) is 38.2 Å². The van der Waals surface area contributed by atoms with Gasteiger partial charge < -0.3 is 9.88 Å². The SMILES string of the molecule is C1=C(c2ccccc2)CCC=C1C1N=C(n2c3ccccc3c3cc(-n4c5ccccc5c5ccccc54)ccc32)c2ccc3ccccc3c2N1. The zero-order valence-electron chi connectivity index (χ0n) is 28.5. The number of hydrogen-bond acceptors (Lipinski definition) is 2. The van der Waals surface area contributed by atoms with Gasteiger partial charge in [0.15, 0.2) is 0 Å². The van der Waals surface area contributed by atoms with Gasteiger partial charge in [-0.05, 0) is 77.4 Å². The third kappa shape index (κ3) is 4.37. The van der Waals surface area contributed by atoms with Crippen LogP contribution in [-0.2, 0) is 0 Å². The molecule has 2 aliphatic rings. The van der Waals surface area contributed by atoms with Crippen LogP contribution in [0.5, 0.6) is 0 Å². The molecule has 1 aliphatic carbocycles. The second-order valence-corrected chi connectivity index (χ2v) is 13.9. The van der Waals surface area contributed by atoms with Crippen molar-refractivity contribution in [2.24, 2.45) is 4.99 Å². The Bertz CT molecular complexity index is 2940. The average molecular weight is 667 g/mol.